The lowest BCUT2D eigenvalue weighted by Crippen LogP contribution is -2.46. The third-order valence-corrected chi connectivity index (χ3v) is 6.58. The number of carbonyl (C=O) groups excluding carboxylic acids is 2. The Morgan fingerprint density at radius 2 is 1.68 bits per heavy atom. The summed E-state index contributed by atoms with van der Waals surface area (Å²) in [5, 5.41) is 6.33. The molecule has 2 amide bonds. The molecule has 0 spiro atoms. The molecule has 2 unspecified atom stereocenters. The predicted molar refractivity (Wildman–Crippen MR) is 130 cm³/mol. The van der Waals surface area contributed by atoms with Crippen LogP contribution in [0.25, 0.3) is 0 Å². The zero-order valence-corrected chi connectivity index (χ0v) is 19.8. The summed E-state index contributed by atoms with van der Waals surface area (Å²) in [4.78, 5) is 29.6. The summed E-state index contributed by atoms with van der Waals surface area (Å²) in [5.74, 6) is 0.564. The number of nitrogens with one attached hydrogen (secondary N) is 2. The van der Waals surface area contributed by atoms with Crippen LogP contribution in [0.3, 0.4) is 0 Å². The van der Waals surface area contributed by atoms with Gasteiger partial charge in [-0.2, -0.15) is 0 Å². The van der Waals surface area contributed by atoms with Gasteiger partial charge in [0.05, 0.1) is 6.04 Å². The predicted octanol–water partition coefficient (Wildman–Crippen LogP) is 3.24. The van der Waals surface area contributed by atoms with Gasteiger partial charge in [-0.1, -0.05) is 0 Å². The topological polar surface area (TPSA) is 64.7 Å². The standard InChI is InChI=1S/C23H34N4O2.2ClH/c28-22(21-7-4-12-24-21)25-16-18-6-5-15-27(17-18)23(29)19-8-10-20(11-9-19)26-13-2-1-3-14-26;;/h8-11,18,21,24H,1-7,12-17H2,(H,25,28);2*1H. The zero-order chi connectivity index (χ0) is 20.1. The Kier molecular flexibility index (Phi) is 10.4. The second kappa shape index (κ2) is 12.5. The smallest absolute Gasteiger partial charge is 0.253 e. The summed E-state index contributed by atoms with van der Waals surface area (Å²) in [6, 6.07) is 8.10. The van der Waals surface area contributed by atoms with Gasteiger partial charge in [0.25, 0.3) is 5.91 Å². The van der Waals surface area contributed by atoms with Crippen LogP contribution >= 0.6 is 24.8 Å². The fourth-order valence-electron chi connectivity index (χ4n) is 4.84. The van der Waals surface area contributed by atoms with Crippen molar-refractivity contribution in [2.45, 2.75) is 51.0 Å². The number of piperidine rings is 2. The van der Waals surface area contributed by atoms with Crippen molar-refractivity contribution in [3.05, 3.63) is 29.8 Å². The number of hydrogen-bond donors (Lipinski definition) is 2. The van der Waals surface area contributed by atoms with Crippen molar-refractivity contribution < 1.29 is 9.59 Å². The normalized spacial score (nSPS) is 23.5. The van der Waals surface area contributed by atoms with Gasteiger partial charge in [0.1, 0.15) is 0 Å². The van der Waals surface area contributed by atoms with E-state index >= 15 is 0 Å². The number of carbonyl (C=O) groups is 2. The number of likely N-dealkylation sites (tertiary alicyclic amines) is 1. The highest BCUT2D eigenvalue weighted by atomic mass is 35.5. The number of halogens is 2. The van der Waals surface area contributed by atoms with Gasteiger partial charge in [-0.25, -0.2) is 0 Å². The molecule has 3 fully saturated rings. The molecule has 3 heterocycles. The molecule has 0 radical (unpaired) electrons. The van der Waals surface area contributed by atoms with E-state index < -0.39 is 0 Å². The number of amides is 2. The Morgan fingerprint density at radius 3 is 2.35 bits per heavy atom. The quantitative estimate of drug-likeness (QED) is 0.692. The second-order valence-corrected chi connectivity index (χ2v) is 8.75. The summed E-state index contributed by atoms with van der Waals surface area (Å²) >= 11 is 0. The summed E-state index contributed by atoms with van der Waals surface area (Å²) in [7, 11) is 0. The van der Waals surface area contributed by atoms with E-state index in [1.54, 1.807) is 0 Å². The Bertz CT molecular complexity index is 704. The van der Waals surface area contributed by atoms with Crippen molar-refractivity contribution in [3.8, 4) is 0 Å². The monoisotopic (exact) mass is 470 g/mol. The molecule has 174 valence electrons. The maximum absolute atomic E-state index is 13.0. The first-order valence-electron chi connectivity index (χ1n) is 11.4. The molecular weight excluding hydrogens is 435 g/mol. The van der Waals surface area contributed by atoms with E-state index in [-0.39, 0.29) is 42.7 Å². The molecule has 0 aliphatic carbocycles. The Labute approximate surface area is 198 Å². The Morgan fingerprint density at radius 1 is 0.935 bits per heavy atom. The highest BCUT2D eigenvalue weighted by Gasteiger charge is 2.27. The highest BCUT2D eigenvalue weighted by molar-refractivity contribution is 5.94. The summed E-state index contributed by atoms with van der Waals surface area (Å²) in [5.41, 5.74) is 1.99. The van der Waals surface area contributed by atoms with Gasteiger partial charge in [-0.15, -0.1) is 24.8 Å². The zero-order valence-electron chi connectivity index (χ0n) is 18.2. The van der Waals surface area contributed by atoms with E-state index in [9.17, 15) is 9.59 Å². The largest absolute Gasteiger partial charge is 0.372 e. The van der Waals surface area contributed by atoms with Crippen molar-refractivity contribution in [1.82, 2.24) is 15.5 Å². The number of nitrogens with zero attached hydrogens (tertiary/aromatic N) is 2. The fourth-order valence-corrected chi connectivity index (χ4v) is 4.84. The SMILES string of the molecule is Cl.Cl.O=C(NCC1CCCN(C(=O)c2ccc(N3CCCCC3)cc2)C1)C1CCCN1. The first kappa shape index (κ1) is 25.8. The van der Waals surface area contributed by atoms with Crippen LogP contribution in [-0.2, 0) is 4.79 Å². The summed E-state index contributed by atoms with van der Waals surface area (Å²) < 4.78 is 0. The van der Waals surface area contributed by atoms with Crippen LogP contribution in [0.5, 0.6) is 0 Å². The minimum Gasteiger partial charge on any atom is -0.372 e. The van der Waals surface area contributed by atoms with Gasteiger partial charge < -0.3 is 20.4 Å². The third-order valence-electron chi connectivity index (χ3n) is 6.58. The van der Waals surface area contributed by atoms with Crippen LogP contribution in [0.1, 0.15) is 55.3 Å². The number of rotatable bonds is 5. The molecular formula is C23H36Cl2N4O2. The van der Waals surface area contributed by atoms with Crippen LogP contribution < -0.4 is 15.5 Å². The van der Waals surface area contributed by atoms with Gasteiger partial charge >= 0.3 is 0 Å². The number of benzene rings is 1. The molecule has 3 aliphatic rings. The van der Waals surface area contributed by atoms with Crippen molar-refractivity contribution in [3.63, 3.8) is 0 Å². The van der Waals surface area contributed by atoms with Crippen LogP contribution in [-0.4, -0.2) is 62.0 Å². The fraction of sp³-hybridized carbons (Fsp3) is 0.652. The molecule has 3 aliphatic heterocycles. The van der Waals surface area contributed by atoms with Crippen molar-refractivity contribution in [1.29, 1.82) is 0 Å². The Hall–Kier alpha value is -1.50. The Balaban J connectivity index is 0.00000171. The first-order chi connectivity index (χ1) is 14.2. The number of hydrogen-bond acceptors (Lipinski definition) is 4. The molecule has 31 heavy (non-hydrogen) atoms. The molecule has 4 rings (SSSR count). The molecule has 0 aromatic heterocycles. The number of anilines is 1. The average molecular weight is 471 g/mol. The molecule has 2 atom stereocenters. The second-order valence-electron chi connectivity index (χ2n) is 8.75. The molecule has 1 aromatic carbocycles. The maximum Gasteiger partial charge on any atom is 0.253 e. The van der Waals surface area contributed by atoms with E-state index in [1.807, 2.05) is 17.0 Å². The lowest BCUT2D eigenvalue weighted by Gasteiger charge is -2.33. The molecule has 0 bridgehead atoms. The minimum absolute atomic E-state index is 0. The van der Waals surface area contributed by atoms with E-state index in [0.717, 1.165) is 64.0 Å². The van der Waals surface area contributed by atoms with E-state index in [4.69, 9.17) is 0 Å². The van der Waals surface area contributed by atoms with Crippen molar-refractivity contribution >= 4 is 42.3 Å². The third kappa shape index (κ3) is 6.74. The molecule has 2 N–H and O–H groups in total. The summed E-state index contributed by atoms with van der Waals surface area (Å²) in [6.07, 6.45) is 7.89. The lowest BCUT2D eigenvalue weighted by molar-refractivity contribution is -0.123. The van der Waals surface area contributed by atoms with E-state index in [2.05, 4.69) is 27.7 Å². The first-order valence-corrected chi connectivity index (χ1v) is 11.4. The average Bonchev–Trinajstić information content (AvgIpc) is 3.33. The molecule has 8 heteroatoms. The van der Waals surface area contributed by atoms with Crippen molar-refractivity contribution in [2.24, 2.45) is 5.92 Å². The van der Waals surface area contributed by atoms with Gasteiger partial charge in [0.2, 0.25) is 5.91 Å². The van der Waals surface area contributed by atoms with Crippen LogP contribution in [0, 0.1) is 5.92 Å². The maximum atomic E-state index is 13.0. The molecule has 3 saturated heterocycles. The van der Waals surface area contributed by atoms with Crippen LogP contribution in [0.4, 0.5) is 5.69 Å². The van der Waals surface area contributed by atoms with E-state index in [1.165, 1.54) is 24.9 Å². The van der Waals surface area contributed by atoms with Crippen molar-refractivity contribution in [2.75, 3.05) is 44.2 Å². The minimum atomic E-state index is -0.0326. The van der Waals surface area contributed by atoms with Gasteiger partial charge in [0, 0.05) is 44.0 Å². The molecule has 6 nitrogen and oxygen atoms in total. The summed E-state index contributed by atoms with van der Waals surface area (Å²) in [6.45, 7) is 5.36. The molecule has 0 saturated carbocycles. The highest BCUT2D eigenvalue weighted by Crippen LogP contribution is 2.22. The van der Waals surface area contributed by atoms with Crippen LogP contribution in [0.2, 0.25) is 0 Å². The van der Waals surface area contributed by atoms with E-state index in [0.29, 0.717) is 12.5 Å². The van der Waals surface area contributed by atoms with Gasteiger partial charge in [-0.3, -0.25) is 9.59 Å². The van der Waals surface area contributed by atoms with Crippen LogP contribution in [0.15, 0.2) is 24.3 Å². The van der Waals surface area contributed by atoms with Gasteiger partial charge in [-0.05, 0) is 81.7 Å². The lowest BCUT2D eigenvalue weighted by atomic mass is 9.97. The molecule has 1 aromatic rings. The van der Waals surface area contributed by atoms with Gasteiger partial charge in [0.15, 0.2) is 0 Å².